The van der Waals surface area contributed by atoms with E-state index in [0.29, 0.717) is 30.3 Å². The summed E-state index contributed by atoms with van der Waals surface area (Å²) in [6.45, 7) is 7.48. The molecule has 1 heterocycles. The molecule has 5 aliphatic rings. The van der Waals surface area contributed by atoms with Crippen molar-refractivity contribution in [2.75, 3.05) is 13.2 Å². The molecule has 5 rings (SSSR count). The number of rotatable bonds is 3. The molecule has 1 aliphatic heterocycles. The molecule has 0 saturated heterocycles. The summed E-state index contributed by atoms with van der Waals surface area (Å²) in [6, 6.07) is 0.240. The number of cyclic esters (lactones) is 1. The van der Waals surface area contributed by atoms with Crippen LogP contribution < -0.4 is 11.1 Å². The number of fused-ring (bicyclic) bond motifs is 5. The first-order valence-electron chi connectivity index (χ1n) is 13.1. The lowest BCUT2D eigenvalue weighted by molar-refractivity contribution is -0.214. The molecule has 0 radical (unpaired) electrons. The van der Waals surface area contributed by atoms with E-state index in [1.54, 1.807) is 6.08 Å². The molecule has 0 aromatic carbocycles. The van der Waals surface area contributed by atoms with Crippen LogP contribution in [0.2, 0.25) is 0 Å². The van der Waals surface area contributed by atoms with Crippen LogP contribution in [0.4, 0.5) is 0 Å². The lowest BCUT2D eigenvalue weighted by Crippen LogP contribution is -2.63. The van der Waals surface area contributed by atoms with Gasteiger partial charge in [0, 0.05) is 22.9 Å². The van der Waals surface area contributed by atoms with E-state index in [2.05, 4.69) is 32.2 Å². The van der Waals surface area contributed by atoms with E-state index in [4.69, 9.17) is 10.5 Å². The van der Waals surface area contributed by atoms with Crippen molar-refractivity contribution in [2.45, 2.75) is 90.2 Å². The van der Waals surface area contributed by atoms with E-state index in [9.17, 15) is 14.7 Å². The summed E-state index contributed by atoms with van der Waals surface area (Å²) in [5.74, 6) is 1.47. The highest BCUT2D eigenvalue weighted by atomic mass is 16.5. The second-order valence-corrected chi connectivity index (χ2v) is 12.7. The van der Waals surface area contributed by atoms with Gasteiger partial charge in [-0.3, -0.25) is 4.79 Å². The van der Waals surface area contributed by atoms with Crippen LogP contribution in [0.15, 0.2) is 12.2 Å². The molecule has 9 atom stereocenters. The molecule has 0 bridgehead atoms. The fraction of sp³-hybridized carbons (Fsp3) is 0.852. The van der Waals surface area contributed by atoms with Crippen molar-refractivity contribution in [3.8, 4) is 0 Å². The highest BCUT2D eigenvalue weighted by Gasteiger charge is 2.69. The maximum atomic E-state index is 12.4. The van der Waals surface area contributed by atoms with Gasteiger partial charge in [0.05, 0.1) is 12.1 Å². The molecule has 6 nitrogen and oxygen atoms in total. The van der Waals surface area contributed by atoms with Crippen LogP contribution in [0.1, 0.15) is 78.6 Å². The Kier molecular flexibility index (Phi) is 5.52. The quantitative estimate of drug-likeness (QED) is 0.563. The number of esters is 1. The summed E-state index contributed by atoms with van der Waals surface area (Å²) in [4.78, 5) is 23.5. The third kappa shape index (κ3) is 3.34. The highest BCUT2D eigenvalue weighted by Crippen LogP contribution is 2.71. The predicted octanol–water partition coefficient (Wildman–Crippen LogP) is 3.32. The van der Waals surface area contributed by atoms with Crippen LogP contribution in [0.5, 0.6) is 0 Å². The van der Waals surface area contributed by atoms with Gasteiger partial charge in [-0.15, -0.1) is 0 Å². The molecule has 33 heavy (non-hydrogen) atoms. The number of hydrogen-bond acceptors (Lipinski definition) is 5. The topological polar surface area (TPSA) is 102 Å². The molecule has 4 saturated carbocycles. The van der Waals surface area contributed by atoms with Gasteiger partial charge in [-0.25, -0.2) is 4.79 Å². The van der Waals surface area contributed by atoms with Gasteiger partial charge in [-0.1, -0.05) is 26.8 Å². The summed E-state index contributed by atoms with van der Waals surface area (Å²) in [5, 5.41) is 15.6. The fourth-order valence-electron chi connectivity index (χ4n) is 9.50. The molecule has 184 valence electrons. The normalized spacial score (nSPS) is 51.2. The third-order valence-electron chi connectivity index (χ3n) is 11.3. The number of nitrogens with one attached hydrogen (secondary N) is 1. The molecular weight excluding hydrogens is 416 g/mol. The molecule has 0 aromatic rings. The van der Waals surface area contributed by atoms with E-state index in [1.165, 1.54) is 0 Å². The zero-order chi connectivity index (χ0) is 23.6. The average Bonchev–Trinajstić information content (AvgIpc) is 3.08. The molecule has 4 fully saturated rings. The first kappa shape index (κ1) is 23.3. The van der Waals surface area contributed by atoms with Crippen LogP contribution in [-0.4, -0.2) is 41.8 Å². The summed E-state index contributed by atoms with van der Waals surface area (Å²) in [6.07, 6.45) is 13.0. The molecule has 4 aliphatic carbocycles. The monoisotopic (exact) mass is 458 g/mol. The average molecular weight is 459 g/mol. The predicted molar refractivity (Wildman–Crippen MR) is 126 cm³/mol. The van der Waals surface area contributed by atoms with Crippen LogP contribution in [0, 0.1) is 39.9 Å². The number of carbonyl (C=O) groups is 2. The Balaban J connectivity index is 1.38. The van der Waals surface area contributed by atoms with Crippen molar-refractivity contribution in [2.24, 2.45) is 45.7 Å². The molecule has 1 amide bonds. The number of amides is 1. The summed E-state index contributed by atoms with van der Waals surface area (Å²) >= 11 is 0. The first-order valence-corrected chi connectivity index (χ1v) is 13.1. The van der Waals surface area contributed by atoms with Gasteiger partial charge < -0.3 is 20.9 Å². The number of ether oxygens (including phenoxy) is 1. The van der Waals surface area contributed by atoms with Crippen molar-refractivity contribution in [3.63, 3.8) is 0 Å². The van der Waals surface area contributed by atoms with Crippen molar-refractivity contribution >= 4 is 11.9 Å². The van der Waals surface area contributed by atoms with Crippen LogP contribution >= 0.6 is 0 Å². The molecule has 1 unspecified atom stereocenters. The van der Waals surface area contributed by atoms with E-state index in [1.807, 2.05) is 0 Å². The number of carbonyl (C=O) groups excluding carboxylic acids is 2. The maximum absolute atomic E-state index is 12.4. The van der Waals surface area contributed by atoms with Crippen molar-refractivity contribution in [1.29, 1.82) is 0 Å². The first-order chi connectivity index (χ1) is 15.6. The van der Waals surface area contributed by atoms with Gasteiger partial charge >= 0.3 is 5.97 Å². The van der Waals surface area contributed by atoms with Gasteiger partial charge in [0.1, 0.15) is 6.61 Å². The van der Waals surface area contributed by atoms with Crippen molar-refractivity contribution in [3.05, 3.63) is 12.2 Å². The maximum Gasteiger partial charge on any atom is 0.330 e. The third-order valence-corrected chi connectivity index (χ3v) is 11.3. The fourth-order valence-corrected chi connectivity index (χ4v) is 9.50. The second kappa shape index (κ2) is 7.81. The van der Waals surface area contributed by atoms with E-state index >= 15 is 0 Å². The number of nitrogens with two attached hydrogens (primary N) is 1. The minimum absolute atomic E-state index is 0.0482. The molecule has 0 spiro atoms. The lowest BCUT2D eigenvalue weighted by atomic mass is 9.42. The van der Waals surface area contributed by atoms with E-state index in [-0.39, 0.29) is 40.7 Å². The zero-order valence-corrected chi connectivity index (χ0v) is 20.6. The summed E-state index contributed by atoms with van der Waals surface area (Å²) in [5.41, 5.74) is 4.73. The Morgan fingerprint density at radius 3 is 2.61 bits per heavy atom. The van der Waals surface area contributed by atoms with Crippen LogP contribution in [0.25, 0.3) is 0 Å². The molecule has 0 aromatic heterocycles. The van der Waals surface area contributed by atoms with Gasteiger partial charge in [0.2, 0.25) is 5.91 Å². The Hall–Kier alpha value is -1.40. The summed E-state index contributed by atoms with van der Waals surface area (Å²) in [7, 11) is 0. The summed E-state index contributed by atoms with van der Waals surface area (Å²) < 4.78 is 5.46. The van der Waals surface area contributed by atoms with E-state index in [0.717, 1.165) is 57.8 Å². The van der Waals surface area contributed by atoms with Crippen LogP contribution in [-0.2, 0) is 14.3 Å². The Morgan fingerprint density at radius 2 is 1.91 bits per heavy atom. The number of aliphatic hydroxyl groups is 1. The SMILES string of the molecule is CC1([C@H]2CC[C@]3(O)[C@@H]4CC[C@@H]5C[C@@H](NC(=O)CN)CC[C@]5(C)[C@H]4CC[C@]23C)C=CC(=O)OC1. The van der Waals surface area contributed by atoms with Gasteiger partial charge in [-0.05, 0) is 86.9 Å². The molecule has 4 N–H and O–H groups in total. The second-order valence-electron chi connectivity index (χ2n) is 12.7. The molecule has 6 heteroatoms. The minimum Gasteiger partial charge on any atom is -0.462 e. The van der Waals surface area contributed by atoms with E-state index < -0.39 is 5.60 Å². The Bertz CT molecular complexity index is 859. The van der Waals surface area contributed by atoms with Crippen molar-refractivity contribution in [1.82, 2.24) is 5.32 Å². The van der Waals surface area contributed by atoms with Gasteiger partial charge in [0.15, 0.2) is 0 Å². The number of hydrogen-bond donors (Lipinski definition) is 3. The Morgan fingerprint density at radius 1 is 1.12 bits per heavy atom. The van der Waals surface area contributed by atoms with Crippen molar-refractivity contribution < 1.29 is 19.4 Å². The molecular formula is C27H42N2O4. The lowest BCUT2D eigenvalue weighted by Gasteiger charge is -2.64. The smallest absolute Gasteiger partial charge is 0.330 e. The zero-order valence-electron chi connectivity index (χ0n) is 20.6. The Labute approximate surface area is 198 Å². The highest BCUT2D eigenvalue weighted by molar-refractivity contribution is 5.83. The largest absolute Gasteiger partial charge is 0.462 e. The van der Waals surface area contributed by atoms with Gasteiger partial charge in [-0.2, -0.15) is 0 Å². The minimum atomic E-state index is -0.655. The van der Waals surface area contributed by atoms with Gasteiger partial charge in [0.25, 0.3) is 0 Å². The van der Waals surface area contributed by atoms with Crippen LogP contribution in [0.3, 0.4) is 0 Å². The standard InChI is InChI=1S/C27H42N2O4/c1-24(10-9-23(31)33-16-24)21-8-13-27(32)20-5-4-17-14-18(29-22(30)15-28)6-11-25(17,2)19(20)7-12-26(21,27)3/h9-10,17-21,32H,4-8,11-16,28H2,1-3H3,(H,29,30)/t17-,18+,19+,20-,21-,24?,25+,26-,27+/m1/s1.